The summed E-state index contributed by atoms with van der Waals surface area (Å²) in [6, 6.07) is -2.37. The molecule has 3 atom stereocenters. The molecule has 0 saturated heterocycles. The Hall–Kier alpha value is -1.57. The van der Waals surface area contributed by atoms with Gasteiger partial charge in [0, 0.05) is 31.8 Å². The number of hydrogen-bond donors (Lipinski definition) is 0. The molecule has 64 heavy (non-hydrogen) atoms. The Kier molecular flexibility index (Phi) is 23.1. The molecule has 5 nitrogen and oxygen atoms in total. The van der Waals surface area contributed by atoms with Gasteiger partial charge in [-0.3, -0.25) is 0 Å². The predicted octanol–water partition coefficient (Wildman–Crippen LogP) is 15.9. The summed E-state index contributed by atoms with van der Waals surface area (Å²) in [5, 5.41) is 0. The molecule has 0 aromatic carbocycles. The summed E-state index contributed by atoms with van der Waals surface area (Å²) in [5.74, 6) is -16.5. The first-order valence-electron chi connectivity index (χ1n) is 21.3. The highest BCUT2D eigenvalue weighted by Gasteiger charge is 2.62. The second-order valence-corrected chi connectivity index (χ2v) is 33.4. The minimum absolute atomic E-state index is 0.171. The summed E-state index contributed by atoms with van der Waals surface area (Å²) in [4.78, 5) is 12.7. The molecule has 0 aromatic heterocycles. The van der Waals surface area contributed by atoms with E-state index in [0.29, 0.717) is 0 Å². The standard InChI is InChI=1S/C41H69F15O5Si3/c1-15-16-32(59-62(26(2)3,27(4)5)22-19-36(42,43)39(48,49)50)25-34(61-64(30(10)11,31(12)13)24-21-38(46,47)41(54,55)56)33(17-18-35(57)58-14)60-63(28(6)7,29(8)9)23-20-37(44,45)40(51,52)53/h15,17-18,26-34H,1,16,19-25H2,2-14H3/b18-17+/t32-,33+,34-/m0/s1. The number of halogens is 15. The van der Waals surface area contributed by atoms with E-state index < -0.39 is 163 Å². The predicted molar refractivity (Wildman–Crippen MR) is 224 cm³/mol. The Labute approximate surface area is 372 Å². The Morgan fingerprint density at radius 2 is 0.812 bits per heavy atom. The molecule has 0 N–H and O–H groups in total. The van der Waals surface area contributed by atoms with Gasteiger partial charge in [0.1, 0.15) is 0 Å². The van der Waals surface area contributed by atoms with Crippen molar-refractivity contribution < 1.29 is 88.7 Å². The third-order valence-electron chi connectivity index (χ3n) is 12.6. The molecule has 380 valence electrons. The molecule has 0 aliphatic heterocycles. The number of methoxy groups -OCH3 is 1. The van der Waals surface area contributed by atoms with Gasteiger partial charge in [-0.25, -0.2) is 4.79 Å². The second-order valence-electron chi connectivity index (χ2n) is 18.5. The van der Waals surface area contributed by atoms with Crippen LogP contribution in [0.15, 0.2) is 24.8 Å². The van der Waals surface area contributed by atoms with Crippen molar-refractivity contribution in [2.24, 2.45) is 0 Å². The van der Waals surface area contributed by atoms with E-state index in [-0.39, 0.29) is 6.42 Å². The highest BCUT2D eigenvalue weighted by atomic mass is 28.4. The quantitative estimate of drug-likeness (QED) is 0.0257. The first-order valence-corrected chi connectivity index (χ1v) is 28.1. The first-order chi connectivity index (χ1) is 28.6. The summed E-state index contributed by atoms with van der Waals surface area (Å²) < 4.78 is 235. The zero-order chi connectivity index (χ0) is 50.9. The van der Waals surface area contributed by atoms with E-state index >= 15 is 0 Å². The van der Waals surface area contributed by atoms with Gasteiger partial charge in [0.15, 0.2) is 25.0 Å². The summed E-state index contributed by atoms with van der Waals surface area (Å²) in [7, 11) is -10.9. The van der Waals surface area contributed by atoms with Gasteiger partial charge in [-0.2, -0.15) is 65.9 Å². The van der Waals surface area contributed by atoms with Gasteiger partial charge in [-0.1, -0.05) is 89.2 Å². The van der Waals surface area contributed by atoms with Crippen molar-refractivity contribution in [2.75, 3.05) is 7.11 Å². The maximum Gasteiger partial charge on any atom is 0.453 e. The average molecular weight is 1010 g/mol. The SMILES string of the molecule is C=CC[C@@H](C[C@H](O[Si](CCC(F)(F)C(F)(F)F)(C(C)C)C(C)C)[C@@H](/C=C/C(=O)OC)O[Si](CCC(F)(F)C(F)(F)F)(C(C)C)C(C)C)O[Si](CCC(F)(F)C(F)(F)F)(C(C)C)C(C)C. The zero-order valence-electron chi connectivity index (χ0n) is 39.0. The van der Waals surface area contributed by atoms with Crippen molar-refractivity contribution in [1.29, 1.82) is 0 Å². The fraction of sp³-hybridized carbons (Fsp3) is 0.878. The van der Waals surface area contributed by atoms with Gasteiger partial charge in [0.05, 0.1) is 25.4 Å². The fourth-order valence-corrected chi connectivity index (χ4v) is 22.3. The minimum Gasteiger partial charge on any atom is -0.466 e. The van der Waals surface area contributed by atoms with E-state index in [1.807, 2.05) is 0 Å². The minimum atomic E-state index is -5.96. The first kappa shape index (κ1) is 62.4. The Morgan fingerprint density at radius 3 is 1.08 bits per heavy atom. The molecule has 0 bridgehead atoms. The summed E-state index contributed by atoms with van der Waals surface area (Å²) >= 11 is 0. The van der Waals surface area contributed by atoms with Crippen LogP contribution in [0.25, 0.3) is 0 Å². The summed E-state index contributed by atoms with van der Waals surface area (Å²) in [6.07, 6.45) is -24.8. The molecule has 0 heterocycles. The molecular weight excluding hydrogens is 942 g/mol. The van der Waals surface area contributed by atoms with Crippen LogP contribution in [0.3, 0.4) is 0 Å². The molecule has 23 heteroatoms. The maximum atomic E-state index is 14.7. The Morgan fingerprint density at radius 1 is 0.516 bits per heavy atom. The topological polar surface area (TPSA) is 54.0 Å². The fourth-order valence-electron chi connectivity index (χ4n) is 8.42. The third kappa shape index (κ3) is 16.0. The van der Waals surface area contributed by atoms with Crippen molar-refractivity contribution in [3.63, 3.8) is 0 Å². The van der Waals surface area contributed by atoms with Crippen LogP contribution in [-0.4, -0.2) is 92.6 Å². The van der Waals surface area contributed by atoms with Crippen molar-refractivity contribution in [2.45, 2.75) is 221 Å². The number of rotatable bonds is 28. The Bertz CT molecular complexity index is 1440. The van der Waals surface area contributed by atoms with E-state index in [9.17, 15) is 70.7 Å². The average Bonchev–Trinajstić information content (AvgIpc) is 3.11. The van der Waals surface area contributed by atoms with Gasteiger partial charge in [0.2, 0.25) is 0 Å². The molecule has 0 amide bonds. The normalized spacial score (nSPS) is 16.3. The highest BCUT2D eigenvalue weighted by Crippen LogP contribution is 2.50. The van der Waals surface area contributed by atoms with E-state index in [2.05, 4.69) is 6.58 Å². The molecule has 0 unspecified atom stereocenters. The van der Waals surface area contributed by atoms with E-state index in [4.69, 9.17) is 18.0 Å². The molecule has 0 rings (SSSR count). The zero-order valence-corrected chi connectivity index (χ0v) is 42.0. The number of carbonyl (C=O) groups excluding carboxylic acids is 1. The number of hydrogen-bond acceptors (Lipinski definition) is 5. The van der Waals surface area contributed by atoms with Crippen molar-refractivity contribution in [3.8, 4) is 0 Å². The van der Waals surface area contributed by atoms with Crippen molar-refractivity contribution in [3.05, 3.63) is 24.8 Å². The Balaban J connectivity index is 8.45. The molecule has 0 spiro atoms. The lowest BCUT2D eigenvalue weighted by Gasteiger charge is -2.48. The molecule has 0 aromatic rings. The molecule has 0 radical (unpaired) electrons. The second kappa shape index (κ2) is 23.6. The van der Waals surface area contributed by atoms with Crippen LogP contribution in [0.2, 0.25) is 51.4 Å². The van der Waals surface area contributed by atoms with E-state index in [0.717, 1.165) is 19.3 Å². The van der Waals surface area contributed by atoms with E-state index in [1.54, 1.807) is 27.7 Å². The molecule has 0 saturated carbocycles. The van der Waals surface area contributed by atoms with Gasteiger partial charge in [0.25, 0.3) is 0 Å². The van der Waals surface area contributed by atoms with Crippen LogP contribution in [-0.2, 0) is 22.8 Å². The van der Waals surface area contributed by atoms with Crippen LogP contribution in [0.5, 0.6) is 0 Å². The van der Waals surface area contributed by atoms with Crippen LogP contribution in [0, 0.1) is 0 Å². The smallest absolute Gasteiger partial charge is 0.453 e. The van der Waals surface area contributed by atoms with Crippen molar-refractivity contribution >= 4 is 30.9 Å². The van der Waals surface area contributed by atoms with Crippen LogP contribution < -0.4 is 0 Å². The molecule has 0 fully saturated rings. The lowest BCUT2D eigenvalue weighted by molar-refractivity contribution is -0.283. The molecule has 0 aliphatic rings. The van der Waals surface area contributed by atoms with Crippen LogP contribution >= 0.6 is 0 Å². The maximum absolute atomic E-state index is 14.7. The van der Waals surface area contributed by atoms with E-state index in [1.165, 1.54) is 61.5 Å². The third-order valence-corrected chi connectivity index (χ3v) is 29.7. The lowest BCUT2D eigenvalue weighted by Crippen LogP contribution is -2.56. The van der Waals surface area contributed by atoms with Crippen molar-refractivity contribution in [1.82, 2.24) is 0 Å². The molecular formula is C41H69F15O5Si3. The highest BCUT2D eigenvalue weighted by molar-refractivity contribution is 6.77. The van der Waals surface area contributed by atoms with Crippen LogP contribution in [0.1, 0.15) is 115 Å². The van der Waals surface area contributed by atoms with Gasteiger partial charge < -0.3 is 18.0 Å². The number of esters is 1. The lowest BCUT2D eigenvalue weighted by atomic mass is 10.0. The number of alkyl halides is 15. The van der Waals surface area contributed by atoms with Gasteiger partial charge in [-0.05, 0) is 63.9 Å². The monoisotopic (exact) mass is 1010 g/mol. The largest absolute Gasteiger partial charge is 0.466 e. The van der Waals surface area contributed by atoms with Crippen LogP contribution in [0.4, 0.5) is 65.9 Å². The number of carbonyl (C=O) groups is 1. The summed E-state index contributed by atoms with van der Waals surface area (Å²) in [5.41, 5.74) is -4.25. The van der Waals surface area contributed by atoms with Gasteiger partial charge >= 0.3 is 42.3 Å². The summed E-state index contributed by atoms with van der Waals surface area (Å²) in [6.45, 7) is 22.3. The van der Waals surface area contributed by atoms with Gasteiger partial charge in [-0.15, -0.1) is 6.58 Å². The number of ether oxygens (including phenoxy) is 1. The molecule has 0 aliphatic carbocycles.